The molecule has 0 N–H and O–H groups in total. The summed E-state index contributed by atoms with van der Waals surface area (Å²) in [5, 5.41) is 0. The van der Waals surface area contributed by atoms with Crippen molar-refractivity contribution in [3.8, 4) is 45.0 Å². The maximum Gasteiger partial charge on any atom is 0.141 e. The minimum atomic E-state index is 0. The Kier molecular flexibility index (Phi) is 9.18. The van der Waals surface area contributed by atoms with Crippen molar-refractivity contribution in [2.75, 3.05) is 0 Å². The predicted octanol–water partition coefficient (Wildman–Crippen LogP) is 9.79. The van der Waals surface area contributed by atoms with E-state index in [-0.39, 0.29) is 20.1 Å². The van der Waals surface area contributed by atoms with Crippen LogP contribution >= 0.6 is 0 Å². The van der Waals surface area contributed by atoms with Crippen LogP contribution in [0.5, 0.6) is 0 Å². The molecule has 0 spiro atoms. The predicted molar refractivity (Wildman–Crippen MR) is 167 cm³/mol. The number of aryl methyl sites for hydroxylation is 2. The first-order valence-electron chi connectivity index (χ1n) is 13.6. The van der Waals surface area contributed by atoms with E-state index in [1.54, 1.807) is 0 Å². The molecule has 0 saturated carbocycles. The standard InChI is InChI=1S/C25H20N.C13H8NO.Ir/c1-18-9-7-10-19(2)25(18)23-14-4-3-13-22(23)20-11-8-12-21(17-20)24-15-5-6-16-26-24;1-2-6-10(7-3-1)13-14-11-8-4-5-9-12(11)15-13;/h3-11,13-17H,1-2H3;1-6,8-9H;/q2*-1;. The fourth-order valence-corrected chi connectivity index (χ4v) is 5.01. The Bertz CT molecular complexity index is 1860. The minimum Gasteiger partial charge on any atom is -0.481 e. The number of rotatable bonds is 4. The Hall–Kier alpha value is -4.63. The van der Waals surface area contributed by atoms with Crippen molar-refractivity contribution in [1.29, 1.82) is 0 Å². The second-order valence-electron chi connectivity index (χ2n) is 9.78. The van der Waals surface area contributed by atoms with Crippen LogP contribution in [0.15, 0.2) is 138 Å². The molecule has 0 unspecified atom stereocenters. The summed E-state index contributed by atoms with van der Waals surface area (Å²) in [6.45, 7) is 4.36. The number of para-hydroxylation sites is 2. The van der Waals surface area contributed by atoms with Crippen LogP contribution in [0.3, 0.4) is 0 Å². The summed E-state index contributed by atoms with van der Waals surface area (Å²) in [5.41, 5.74) is 12.1. The van der Waals surface area contributed by atoms with E-state index in [1.165, 1.54) is 33.4 Å². The van der Waals surface area contributed by atoms with Crippen LogP contribution in [0.1, 0.15) is 11.1 Å². The van der Waals surface area contributed by atoms with E-state index in [9.17, 15) is 0 Å². The van der Waals surface area contributed by atoms with E-state index >= 15 is 0 Å². The summed E-state index contributed by atoms with van der Waals surface area (Å²) in [6.07, 6.45) is 1.82. The number of nitrogens with zero attached hydrogens (tertiary/aromatic N) is 2. The molecule has 42 heavy (non-hydrogen) atoms. The first-order chi connectivity index (χ1) is 20.2. The molecule has 0 aliphatic heterocycles. The van der Waals surface area contributed by atoms with Gasteiger partial charge in [-0.3, -0.25) is 4.98 Å². The summed E-state index contributed by atoms with van der Waals surface area (Å²) in [7, 11) is 0. The third-order valence-electron chi connectivity index (χ3n) is 6.96. The Morgan fingerprint density at radius 2 is 1.33 bits per heavy atom. The Morgan fingerprint density at radius 3 is 2.07 bits per heavy atom. The number of benzene rings is 5. The molecular weight excluding hydrogens is 693 g/mol. The molecule has 4 heteroatoms. The van der Waals surface area contributed by atoms with Crippen LogP contribution in [0.2, 0.25) is 0 Å². The molecule has 1 radical (unpaired) electrons. The Balaban J connectivity index is 0.000000187. The topological polar surface area (TPSA) is 38.9 Å². The Labute approximate surface area is 260 Å². The largest absolute Gasteiger partial charge is 0.481 e. The molecule has 0 saturated heterocycles. The van der Waals surface area contributed by atoms with Gasteiger partial charge in [0, 0.05) is 26.3 Å². The molecule has 5 aromatic carbocycles. The van der Waals surface area contributed by atoms with Crippen molar-refractivity contribution in [3.05, 3.63) is 157 Å². The van der Waals surface area contributed by atoms with Crippen LogP contribution < -0.4 is 0 Å². The molecule has 0 aliphatic rings. The molecule has 3 nitrogen and oxygen atoms in total. The van der Waals surface area contributed by atoms with Gasteiger partial charge in [-0.1, -0.05) is 72.3 Å². The van der Waals surface area contributed by atoms with Crippen LogP contribution in [0.4, 0.5) is 0 Å². The second kappa shape index (κ2) is 13.4. The third kappa shape index (κ3) is 6.31. The second-order valence-corrected chi connectivity index (χ2v) is 9.78. The van der Waals surface area contributed by atoms with Gasteiger partial charge in [-0.25, -0.2) is 0 Å². The molecule has 7 rings (SSSR count). The molecule has 0 aliphatic carbocycles. The fourth-order valence-electron chi connectivity index (χ4n) is 5.01. The van der Waals surface area contributed by atoms with E-state index < -0.39 is 0 Å². The zero-order valence-corrected chi connectivity index (χ0v) is 25.7. The smallest absolute Gasteiger partial charge is 0.141 e. The van der Waals surface area contributed by atoms with Crippen molar-refractivity contribution >= 4 is 11.1 Å². The summed E-state index contributed by atoms with van der Waals surface area (Å²) in [5.74, 6) is 0.622. The van der Waals surface area contributed by atoms with Crippen LogP contribution in [-0.2, 0) is 20.1 Å². The molecule has 0 amide bonds. The van der Waals surface area contributed by atoms with Gasteiger partial charge >= 0.3 is 0 Å². The maximum absolute atomic E-state index is 5.61. The van der Waals surface area contributed by atoms with Crippen molar-refractivity contribution in [3.63, 3.8) is 0 Å². The van der Waals surface area contributed by atoms with E-state index in [0.717, 1.165) is 27.9 Å². The van der Waals surface area contributed by atoms with Crippen molar-refractivity contribution in [1.82, 2.24) is 9.97 Å². The molecule has 207 valence electrons. The number of pyridine rings is 1. The van der Waals surface area contributed by atoms with Crippen molar-refractivity contribution in [2.24, 2.45) is 0 Å². The first-order valence-corrected chi connectivity index (χ1v) is 13.6. The van der Waals surface area contributed by atoms with Gasteiger partial charge in [0.2, 0.25) is 0 Å². The van der Waals surface area contributed by atoms with Gasteiger partial charge in [-0.05, 0) is 65.6 Å². The van der Waals surface area contributed by atoms with Gasteiger partial charge in [-0.15, -0.1) is 65.7 Å². The summed E-state index contributed by atoms with van der Waals surface area (Å²) in [6, 6.07) is 49.1. The third-order valence-corrected chi connectivity index (χ3v) is 6.96. The number of hydrogen-bond donors (Lipinski definition) is 0. The van der Waals surface area contributed by atoms with Crippen LogP contribution in [0, 0.1) is 26.0 Å². The number of fused-ring (bicyclic) bond motifs is 1. The van der Waals surface area contributed by atoms with Gasteiger partial charge in [0.15, 0.2) is 0 Å². The van der Waals surface area contributed by atoms with E-state index in [2.05, 4.69) is 90.5 Å². The van der Waals surface area contributed by atoms with Gasteiger partial charge in [-0.2, -0.15) is 0 Å². The van der Waals surface area contributed by atoms with Gasteiger partial charge in [0.1, 0.15) is 11.5 Å². The van der Waals surface area contributed by atoms with E-state index in [4.69, 9.17) is 4.42 Å². The van der Waals surface area contributed by atoms with Crippen LogP contribution in [-0.4, -0.2) is 9.97 Å². The fraction of sp³-hybridized carbons (Fsp3) is 0.0526. The van der Waals surface area contributed by atoms with Gasteiger partial charge < -0.3 is 9.40 Å². The molecule has 0 bridgehead atoms. The molecule has 0 atom stereocenters. The number of hydrogen-bond acceptors (Lipinski definition) is 3. The average molecular weight is 721 g/mol. The summed E-state index contributed by atoms with van der Waals surface area (Å²) in [4.78, 5) is 8.85. The van der Waals surface area contributed by atoms with Crippen LogP contribution in [0.25, 0.3) is 56.1 Å². The monoisotopic (exact) mass is 721 g/mol. The van der Waals surface area contributed by atoms with Gasteiger partial charge in [0.05, 0.1) is 5.52 Å². The summed E-state index contributed by atoms with van der Waals surface area (Å²) < 4.78 is 5.61. The Morgan fingerprint density at radius 1 is 0.619 bits per heavy atom. The van der Waals surface area contributed by atoms with Crippen molar-refractivity contribution < 1.29 is 24.5 Å². The SMILES string of the molecule is Cc1cccc(C)c1-c1ccccc1-c1cc[c-]c(-c2ccccn2)c1.[Ir].[c-]1ccccc1-c1nc2ccccc2o1. The zero-order chi connectivity index (χ0) is 28.0. The van der Waals surface area contributed by atoms with Crippen molar-refractivity contribution in [2.45, 2.75) is 13.8 Å². The molecule has 2 aromatic heterocycles. The molecule has 7 aromatic rings. The minimum absolute atomic E-state index is 0. The maximum atomic E-state index is 5.61. The zero-order valence-electron chi connectivity index (χ0n) is 23.3. The number of aromatic nitrogens is 2. The molecular formula is C38H28IrN2O-2. The quantitative estimate of drug-likeness (QED) is 0.170. The first kappa shape index (κ1) is 28.9. The number of oxazole rings is 1. The summed E-state index contributed by atoms with van der Waals surface area (Å²) >= 11 is 0. The average Bonchev–Trinajstić information content (AvgIpc) is 3.47. The normalized spacial score (nSPS) is 10.4. The molecule has 0 fully saturated rings. The van der Waals surface area contributed by atoms with E-state index in [0.29, 0.717) is 5.89 Å². The van der Waals surface area contributed by atoms with Gasteiger partial charge in [0.25, 0.3) is 0 Å². The van der Waals surface area contributed by atoms with E-state index in [1.807, 2.05) is 79.0 Å². The molecule has 2 heterocycles.